The van der Waals surface area contributed by atoms with Crippen LogP contribution < -0.4 is 10.6 Å². The van der Waals surface area contributed by atoms with Gasteiger partial charge in [-0.3, -0.25) is 4.79 Å². The molecule has 1 aliphatic heterocycles. The summed E-state index contributed by atoms with van der Waals surface area (Å²) in [6, 6.07) is 7.27. The van der Waals surface area contributed by atoms with E-state index in [4.69, 9.17) is 23.8 Å². The van der Waals surface area contributed by atoms with E-state index in [1.165, 1.54) is 0 Å². The van der Waals surface area contributed by atoms with Crippen molar-refractivity contribution in [2.45, 2.75) is 33.2 Å². The highest BCUT2D eigenvalue weighted by atomic mass is 35.5. The van der Waals surface area contributed by atoms with Gasteiger partial charge in [-0.1, -0.05) is 37.6 Å². The molecule has 1 heterocycles. The highest BCUT2D eigenvalue weighted by Crippen LogP contribution is 2.29. The minimum atomic E-state index is -0.220. The molecule has 21 heavy (non-hydrogen) atoms. The number of hydrogen-bond acceptors (Lipinski definition) is 2. The largest absolute Gasteiger partial charge is 0.351 e. The molecule has 112 valence electrons. The van der Waals surface area contributed by atoms with Crippen molar-refractivity contribution >= 4 is 34.7 Å². The van der Waals surface area contributed by atoms with E-state index < -0.39 is 0 Å². The van der Waals surface area contributed by atoms with E-state index in [1.54, 1.807) is 0 Å². The first kappa shape index (κ1) is 16.0. The summed E-state index contributed by atoms with van der Waals surface area (Å²) in [6.07, 6.45) is 0.521. The number of rotatable bonds is 4. The van der Waals surface area contributed by atoms with Gasteiger partial charge in [0.1, 0.15) is 0 Å². The first-order valence-electron chi connectivity index (χ1n) is 6.95. The third-order valence-corrected chi connectivity index (χ3v) is 3.84. The fraction of sp³-hybridized carbons (Fsp3) is 0.375. The van der Waals surface area contributed by atoms with Crippen molar-refractivity contribution in [3.8, 4) is 0 Å². The minimum Gasteiger partial charge on any atom is -0.351 e. The summed E-state index contributed by atoms with van der Waals surface area (Å²) in [5.41, 5.74) is 2.55. The standard InChI is InChI=1S/C16H19ClN2OS/c1-9(2)8-13(20)14-10(3)18-16(21)19-15(14)11-4-6-12(17)7-5-11/h4-7,9,15H,8H2,1-3H3,(H2,18,19,21). The van der Waals surface area contributed by atoms with Crippen LogP contribution in [0.15, 0.2) is 35.5 Å². The molecule has 0 aromatic heterocycles. The minimum absolute atomic E-state index is 0.143. The monoisotopic (exact) mass is 322 g/mol. The average molecular weight is 323 g/mol. The van der Waals surface area contributed by atoms with Crippen molar-refractivity contribution < 1.29 is 4.79 Å². The summed E-state index contributed by atoms with van der Waals surface area (Å²) in [5.74, 6) is 0.461. The van der Waals surface area contributed by atoms with Gasteiger partial charge in [-0.15, -0.1) is 0 Å². The molecule has 2 N–H and O–H groups in total. The van der Waals surface area contributed by atoms with Crippen LogP contribution in [0.5, 0.6) is 0 Å². The molecule has 0 fully saturated rings. The second kappa shape index (κ2) is 6.58. The van der Waals surface area contributed by atoms with Crippen LogP contribution in [0.1, 0.15) is 38.8 Å². The van der Waals surface area contributed by atoms with Gasteiger partial charge in [0.2, 0.25) is 0 Å². The lowest BCUT2D eigenvalue weighted by Gasteiger charge is -2.30. The Hall–Kier alpha value is -1.39. The Kier molecular flexibility index (Phi) is 5.01. The molecule has 0 amide bonds. The van der Waals surface area contributed by atoms with Crippen molar-refractivity contribution in [1.29, 1.82) is 0 Å². The van der Waals surface area contributed by atoms with Gasteiger partial charge in [-0.25, -0.2) is 0 Å². The molecule has 1 aliphatic rings. The lowest BCUT2D eigenvalue weighted by Crippen LogP contribution is -2.45. The number of nitrogens with one attached hydrogen (secondary N) is 2. The molecule has 0 saturated heterocycles. The number of ketones is 1. The van der Waals surface area contributed by atoms with Crippen molar-refractivity contribution in [2.24, 2.45) is 5.92 Å². The van der Waals surface area contributed by atoms with E-state index >= 15 is 0 Å². The molecule has 0 spiro atoms. The number of allylic oxidation sites excluding steroid dienone is 1. The Labute approximate surface area is 135 Å². The number of benzene rings is 1. The molecule has 1 unspecified atom stereocenters. The Bertz CT molecular complexity index is 593. The second-order valence-electron chi connectivity index (χ2n) is 5.64. The topological polar surface area (TPSA) is 41.1 Å². The van der Waals surface area contributed by atoms with Gasteiger partial charge < -0.3 is 10.6 Å². The van der Waals surface area contributed by atoms with Crippen LogP contribution in [0.2, 0.25) is 5.02 Å². The second-order valence-corrected chi connectivity index (χ2v) is 6.49. The molecular weight excluding hydrogens is 304 g/mol. The normalized spacial score (nSPS) is 18.5. The zero-order valence-electron chi connectivity index (χ0n) is 12.4. The first-order chi connectivity index (χ1) is 9.88. The van der Waals surface area contributed by atoms with Gasteiger partial charge in [-0.2, -0.15) is 0 Å². The molecular formula is C16H19ClN2OS. The summed E-state index contributed by atoms with van der Waals surface area (Å²) in [4.78, 5) is 12.6. The Morgan fingerprint density at radius 1 is 1.33 bits per heavy atom. The number of hydrogen-bond donors (Lipinski definition) is 2. The van der Waals surface area contributed by atoms with Gasteiger partial charge in [0.15, 0.2) is 10.9 Å². The fourth-order valence-electron chi connectivity index (χ4n) is 2.45. The SMILES string of the molecule is CC1=C(C(=O)CC(C)C)C(c2ccc(Cl)cc2)NC(=S)N1. The number of carbonyl (C=O) groups is 1. The Morgan fingerprint density at radius 3 is 2.52 bits per heavy atom. The van der Waals surface area contributed by atoms with Gasteiger partial charge in [0, 0.05) is 22.7 Å². The summed E-state index contributed by atoms with van der Waals surface area (Å²) in [7, 11) is 0. The number of thiocarbonyl (C=S) groups is 1. The summed E-state index contributed by atoms with van der Waals surface area (Å²) in [6.45, 7) is 5.97. The third-order valence-electron chi connectivity index (χ3n) is 3.37. The first-order valence-corrected chi connectivity index (χ1v) is 7.74. The third kappa shape index (κ3) is 3.83. The van der Waals surface area contributed by atoms with E-state index in [9.17, 15) is 4.79 Å². The van der Waals surface area contributed by atoms with Crippen LogP contribution in [0, 0.1) is 5.92 Å². The number of Topliss-reactive ketones (excluding diaryl/α,β-unsaturated/α-hetero) is 1. The smallest absolute Gasteiger partial charge is 0.171 e. The Morgan fingerprint density at radius 2 is 1.95 bits per heavy atom. The van der Waals surface area contributed by atoms with Gasteiger partial charge >= 0.3 is 0 Å². The van der Waals surface area contributed by atoms with Crippen molar-refractivity contribution in [2.75, 3.05) is 0 Å². The fourth-order valence-corrected chi connectivity index (χ4v) is 2.85. The lowest BCUT2D eigenvalue weighted by atomic mass is 9.89. The molecule has 0 aliphatic carbocycles. The molecule has 3 nitrogen and oxygen atoms in total. The van der Waals surface area contributed by atoms with Gasteiger partial charge in [0.05, 0.1) is 6.04 Å². The quantitative estimate of drug-likeness (QED) is 0.828. The van der Waals surface area contributed by atoms with Crippen LogP contribution in [0.3, 0.4) is 0 Å². The van der Waals surface area contributed by atoms with Crippen molar-refractivity contribution in [3.05, 3.63) is 46.1 Å². The number of carbonyl (C=O) groups excluding carboxylic acids is 1. The van der Waals surface area contributed by atoms with Crippen LogP contribution >= 0.6 is 23.8 Å². The predicted octanol–water partition coefficient (Wildman–Crippen LogP) is 3.75. The summed E-state index contributed by atoms with van der Waals surface area (Å²) < 4.78 is 0. The van der Waals surface area contributed by atoms with Crippen molar-refractivity contribution in [3.63, 3.8) is 0 Å². The van der Waals surface area contributed by atoms with Gasteiger partial charge in [0.25, 0.3) is 0 Å². The molecule has 1 aromatic carbocycles. The molecule has 0 bridgehead atoms. The van der Waals surface area contributed by atoms with Crippen LogP contribution in [-0.4, -0.2) is 10.9 Å². The Balaban J connectivity index is 2.40. The molecule has 0 saturated carbocycles. The maximum atomic E-state index is 12.6. The summed E-state index contributed by atoms with van der Waals surface area (Å²) in [5, 5.41) is 7.44. The van der Waals surface area contributed by atoms with Crippen LogP contribution in [0.4, 0.5) is 0 Å². The summed E-state index contributed by atoms with van der Waals surface area (Å²) >= 11 is 11.2. The van der Waals surface area contributed by atoms with Crippen LogP contribution in [0.25, 0.3) is 0 Å². The maximum absolute atomic E-state index is 12.6. The van der Waals surface area contributed by atoms with Crippen LogP contribution in [-0.2, 0) is 4.79 Å². The predicted molar refractivity (Wildman–Crippen MR) is 90.2 cm³/mol. The zero-order valence-corrected chi connectivity index (χ0v) is 13.9. The van der Waals surface area contributed by atoms with Gasteiger partial charge in [-0.05, 0) is 42.8 Å². The van der Waals surface area contributed by atoms with E-state index in [1.807, 2.05) is 45.0 Å². The molecule has 0 radical (unpaired) electrons. The highest BCUT2D eigenvalue weighted by Gasteiger charge is 2.29. The van der Waals surface area contributed by atoms with E-state index in [0.717, 1.165) is 16.8 Å². The molecule has 2 rings (SSSR count). The lowest BCUT2D eigenvalue weighted by molar-refractivity contribution is -0.116. The average Bonchev–Trinajstić information content (AvgIpc) is 2.37. The molecule has 5 heteroatoms. The van der Waals surface area contributed by atoms with E-state index in [-0.39, 0.29) is 11.8 Å². The van der Waals surface area contributed by atoms with Crippen molar-refractivity contribution in [1.82, 2.24) is 10.6 Å². The van der Waals surface area contributed by atoms with E-state index in [0.29, 0.717) is 22.5 Å². The molecule has 1 atom stereocenters. The van der Waals surface area contributed by atoms with E-state index in [2.05, 4.69) is 10.6 Å². The zero-order chi connectivity index (χ0) is 15.6. The number of halogens is 1. The highest BCUT2D eigenvalue weighted by molar-refractivity contribution is 7.80. The maximum Gasteiger partial charge on any atom is 0.171 e. The molecule has 1 aromatic rings.